The van der Waals surface area contributed by atoms with Gasteiger partial charge in [0.25, 0.3) is 5.91 Å². The molecule has 1 aliphatic carbocycles. The molecule has 4 N–H and O–H groups in total. The summed E-state index contributed by atoms with van der Waals surface area (Å²) in [5.41, 5.74) is 7.50. The van der Waals surface area contributed by atoms with E-state index in [1.165, 1.54) is 12.5 Å². The molecule has 1 aliphatic rings. The van der Waals surface area contributed by atoms with Crippen molar-refractivity contribution in [1.29, 1.82) is 0 Å². The highest BCUT2D eigenvalue weighted by atomic mass is 16.3. The van der Waals surface area contributed by atoms with E-state index >= 15 is 0 Å². The van der Waals surface area contributed by atoms with Gasteiger partial charge in [0.05, 0.1) is 0 Å². The number of aromatic hydroxyl groups is 1. The lowest BCUT2D eigenvalue weighted by atomic mass is 10.0. The van der Waals surface area contributed by atoms with Gasteiger partial charge in [-0.3, -0.25) is 4.79 Å². The molecule has 1 aromatic carbocycles. The lowest BCUT2D eigenvalue weighted by Gasteiger charge is -2.23. The topological polar surface area (TPSA) is 75.3 Å². The quantitative estimate of drug-likeness (QED) is 0.714. The van der Waals surface area contributed by atoms with E-state index in [1.54, 1.807) is 12.1 Å². The molecule has 1 aromatic rings. The molecule has 4 heteroatoms. The second-order valence-electron chi connectivity index (χ2n) is 5.38. The van der Waals surface area contributed by atoms with Crippen LogP contribution in [0.1, 0.15) is 48.0 Å². The molecular formula is C15H22N2O2. The number of carbonyl (C=O) groups is 1. The number of aryl methyl sites for hydroxylation is 1. The van der Waals surface area contributed by atoms with Gasteiger partial charge in [0.2, 0.25) is 0 Å². The Morgan fingerprint density at radius 1 is 1.32 bits per heavy atom. The summed E-state index contributed by atoms with van der Waals surface area (Å²) in [5, 5.41) is 12.4. The van der Waals surface area contributed by atoms with Crippen molar-refractivity contribution in [2.24, 2.45) is 5.73 Å². The van der Waals surface area contributed by atoms with Crippen molar-refractivity contribution >= 4 is 5.91 Å². The number of phenolic OH excluding ortho intramolecular Hbond substituents is 1. The van der Waals surface area contributed by atoms with E-state index in [1.807, 2.05) is 6.92 Å². The second-order valence-corrected chi connectivity index (χ2v) is 5.38. The van der Waals surface area contributed by atoms with E-state index < -0.39 is 0 Å². The van der Waals surface area contributed by atoms with Crippen LogP contribution in [0.3, 0.4) is 0 Å². The van der Waals surface area contributed by atoms with Crippen LogP contribution in [0.4, 0.5) is 0 Å². The fraction of sp³-hybridized carbons (Fsp3) is 0.533. The van der Waals surface area contributed by atoms with Crippen molar-refractivity contribution in [1.82, 2.24) is 5.32 Å². The lowest BCUT2D eigenvalue weighted by Crippen LogP contribution is -2.47. The van der Waals surface area contributed by atoms with Gasteiger partial charge in [-0.15, -0.1) is 0 Å². The summed E-state index contributed by atoms with van der Waals surface area (Å²) in [5.74, 6) is 0.0834. The maximum Gasteiger partial charge on any atom is 0.251 e. The minimum absolute atomic E-state index is 0.0453. The highest BCUT2D eigenvalue weighted by Gasteiger charge is 2.23. The Morgan fingerprint density at radius 2 is 2.05 bits per heavy atom. The molecule has 0 spiro atoms. The number of amides is 1. The first kappa shape index (κ1) is 13.9. The van der Waals surface area contributed by atoms with Crippen LogP contribution in [0.5, 0.6) is 5.75 Å². The highest BCUT2D eigenvalue weighted by Crippen LogP contribution is 2.19. The van der Waals surface area contributed by atoms with E-state index in [0.29, 0.717) is 5.56 Å². The van der Waals surface area contributed by atoms with Gasteiger partial charge in [0.1, 0.15) is 5.75 Å². The summed E-state index contributed by atoms with van der Waals surface area (Å²) in [6.07, 6.45) is 5.38. The zero-order chi connectivity index (χ0) is 13.8. The van der Waals surface area contributed by atoms with Crippen molar-refractivity contribution in [2.75, 3.05) is 0 Å². The molecule has 0 aromatic heterocycles. The maximum absolute atomic E-state index is 12.3. The smallest absolute Gasteiger partial charge is 0.251 e. The molecular weight excluding hydrogens is 240 g/mol. The van der Waals surface area contributed by atoms with Crippen LogP contribution in [0, 0.1) is 6.92 Å². The van der Waals surface area contributed by atoms with Crippen molar-refractivity contribution in [3.05, 3.63) is 29.3 Å². The van der Waals surface area contributed by atoms with Crippen LogP contribution in [0.25, 0.3) is 0 Å². The number of nitrogens with two attached hydrogens (primary N) is 1. The van der Waals surface area contributed by atoms with Gasteiger partial charge in [-0.2, -0.15) is 0 Å². The average Bonchev–Trinajstić information content (AvgIpc) is 2.55. The Labute approximate surface area is 114 Å². The lowest BCUT2D eigenvalue weighted by molar-refractivity contribution is 0.0928. The molecule has 0 bridgehead atoms. The molecule has 1 fully saturated rings. The molecule has 4 nitrogen and oxygen atoms in total. The molecule has 0 radical (unpaired) electrons. The minimum Gasteiger partial charge on any atom is -0.508 e. The SMILES string of the molecule is Cc1cc(O)ccc1C(=O)NC1CCCCCC1N. The Hall–Kier alpha value is -1.55. The first-order chi connectivity index (χ1) is 9.08. The number of rotatable bonds is 2. The van der Waals surface area contributed by atoms with Gasteiger partial charge >= 0.3 is 0 Å². The van der Waals surface area contributed by atoms with Gasteiger partial charge in [0.15, 0.2) is 0 Å². The zero-order valence-corrected chi connectivity index (χ0v) is 11.4. The molecule has 104 valence electrons. The molecule has 2 atom stereocenters. The number of hydrogen-bond acceptors (Lipinski definition) is 3. The maximum atomic E-state index is 12.3. The number of benzene rings is 1. The predicted molar refractivity (Wildman–Crippen MR) is 75.2 cm³/mol. The van der Waals surface area contributed by atoms with Crippen LogP contribution >= 0.6 is 0 Å². The van der Waals surface area contributed by atoms with Crippen molar-refractivity contribution in [2.45, 2.75) is 51.1 Å². The normalized spacial score (nSPS) is 23.7. The van der Waals surface area contributed by atoms with Crippen LogP contribution in [0.2, 0.25) is 0 Å². The Morgan fingerprint density at radius 3 is 2.79 bits per heavy atom. The number of phenols is 1. The van der Waals surface area contributed by atoms with Crippen LogP contribution in [-0.4, -0.2) is 23.1 Å². The third-order valence-corrected chi connectivity index (χ3v) is 3.84. The van der Waals surface area contributed by atoms with Crippen LogP contribution < -0.4 is 11.1 Å². The van der Waals surface area contributed by atoms with Gasteiger partial charge in [-0.1, -0.05) is 19.3 Å². The summed E-state index contributed by atoms with van der Waals surface area (Å²) in [4.78, 5) is 12.3. The molecule has 0 aliphatic heterocycles. The summed E-state index contributed by atoms with van der Waals surface area (Å²) in [7, 11) is 0. The van der Waals surface area contributed by atoms with E-state index in [2.05, 4.69) is 5.32 Å². The Balaban J connectivity index is 2.07. The zero-order valence-electron chi connectivity index (χ0n) is 11.4. The van der Waals surface area contributed by atoms with Gasteiger partial charge in [-0.05, 0) is 43.5 Å². The molecule has 2 rings (SSSR count). The third kappa shape index (κ3) is 3.47. The fourth-order valence-electron chi connectivity index (χ4n) is 2.66. The fourth-order valence-corrected chi connectivity index (χ4v) is 2.66. The van der Waals surface area contributed by atoms with Gasteiger partial charge in [0, 0.05) is 17.6 Å². The third-order valence-electron chi connectivity index (χ3n) is 3.84. The van der Waals surface area contributed by atoms with Gasteiger partial charge < -0.3 is 16.2 Å². The Bertz CT molecular complexity index is 459. The molecule has 1 amide bonds. The summed E-state index contributed by atoms with van der Waals surface area (Å²) in [6.45, 7) is 1.82. The molecule has 2 unspecified atom stereocenters. The average molecular weight is 262 g/mol. The van der Waals surface area contributed by atoms with Gasteiger partial charge in [-0.25, -0.2) is 0 Å². The van der Waals surface area contributed by atoms with Crippen molar-refractivity contribution in [3.8, 4) is 5.75 Å². The van der Waals surface area contributed by atoms with Crippen LogP contribution in [0.15, 0.2) is 18.2 Å². The largest absolute Gasteiger partial charge is 0.508 e. The second kappa shape index (κ2) is 6.06. The number of nitrogens with one attached hydrogen (secondary N) is 1. The standard InChI is InChI=1S/C15H22N2O2/c1-10-9-11(18)7-8-12(10)15(19)17-14-6-4-2-3-5-13(14)16/h7-9,13-14,18H,2-6,16H2,1H3,(H,17,19). The molecule has 1 saturated carbocycles. The van der Waals surface area contributed by atoms with E-state index in [0.717, 1.165) is 31.2 Å². The number of carbonyl (C=O) groups excluding carboxylic acids is 1. The van der Waals surface area contributed by atoms with Crippen LogP contribution in [-0.2, 0) is 0 Å². The monoisotopic (exact) mass is 262 g/mol. The predicted octanol–water partition coefficient (Wildman–Crippen LogP) is 2.09. The minimum atomic E-state index is -0.0974. The van der Waals surface area contributed by atoms with Crippen molar-refractivity contribution in [3.63, 3.8) is 0 Å². The molecule has 0 heterocycles. The first-order valence-electron chi connectivity index (χ1n) is 6.94. The first-order valence-corrected chi connectivity index (χ1v) is 6.94. The summed E-state index contributed by atoms with van der Waals surface area (Å²) in [6, 6.07) is 4.89. The van der Waals surface area contributed by atoms with Crippen molar-refractivity contribution < 1.29 is 9.90 Å². The van der Waals surface area contributed by atoms with E-state index in [9.17, 15) is 9.90 Å². The molecule has 0 saturated heterocycles. The highest BCUT2D eigenvalue weighted by molar-refractivity contribution is 5.96. The number of hydrogen-bond donors (Lipinski definition) is 3. The van der Waals surface area contributed by atoms with E-state index in [4.69, 9.17) is 5.73 Å². The summed E-state index contributed by atoms with van der Waals surface area (Å²) >= 11 is 0. The summed E-state index contributed by atoms with van der Waals surface area (Å²) < 4.78 is 0. The molecule has 19 heavy (non-hydrogen) atoms. The van der Waals surface area contributed by atoms with E-state index in [-0.39, 0.29) is 23.7 Å². The Kier molecular flexibility index (Phi) is 4.43.